The van der Waals surface area contributed by atoms with E-state index in [1.54, 1.807) is 4.68 Å². The molecule has 2 heterocycles. The van der Waals surface area contributed by atoms with Crippen molar-refractivity contribution in [1.29, 1.82) is 0 Å². The SMILES string of the molecule is Cc1ccc(Cn2nc(C)c(/C=N/n3c(Cc4cccc5ccccc45)n[nH]c3=S)c2C)cc1. The third kappa shape index (κ3) is 4.34. The Kier molecular flexibility index (Phi) is 5.94. The summed E-state index contributed by atoms with van der Waals surface area (Å²) in [6.07, 6.45) is 2.46. The Morgan fingerprint density at radius 2 is 1.74 bits per heavy atom. The summed E-state index contributed by atoms with van der Waals surface area (Å²) in [4.78, 5) is 0. The third-order valence-electron chi connectivity index (χ3n) is 6.14. The molecule has 1 N–H and O–H groups in total. The van der Waals surface area contributed by atoms with Crippen LogP contribution in [0.25, 0.3) is 10.8 Å². The Bertz CT molecular complexity index is 1550. The van der Waals surface area contributed by atoms with E-state index in [0.717, 1.165) is 29.3 Å². The Labute approximate surface area is 203 Å². The number of hydrogen-bond donors (Lipinski definition) is 1. The Balaban J connectivity index is 1.43. The first-order valence-electron chi connectivity index (χ1n) is 11.3. The molecule has 5 rings (SSSR count). The first-order valence-corrected chi connectivity index (χ1v) is 11.7. The highest BCUT2D eigenvalue weighted by molar-refractivity contribution is 7.71. The molecule has 7 heteroatoms. The van der Waals surface area contributed by atoms with Crippen LogP contribution in [-0.4, -0.2) is 30.9 Å². The van der Waals surface area contributed by atoms with Crippen LogP contribution in [0.2, 0.25) is 0 Å². The zero-order valence-corrected chi connectivity index (χ0v) is 20.3. The molecule has 170 valence electrons. The molecule has 3 aromatic carbocycles. The lowest BCUT2D eigenvalue weighted by molar-refractivity contribution is 0.659. The van der Waals surface area contributed by atoms with E-state index in [1.807, 2.05) is 17.8 Å². The summed E-state index contributed by atoms with van der Waals surface area (Å²) < 4.78 is 4.19. The Morgan fingerprint density at radius 1 is 0.971 bits per heavy atom. The molecule has 0 aliphatic carbocycles. The molecule has 0 fully saturated rings. The first-order chi connectivity index (χ1) is 16.5. The topological polar surface area (TPSA) is 63.8 Å². The van der Waals surface area contributed by atoms with Gasteiger partial charge in [-0.05, 0) is 54.9 Å². The summed E-state index contributed by atoms with van der Waals surface area (Å²) in [5.74, 6) is 0.764. The Hall–Kier alpha value is -3.84. The molecule has 2 aromatic heterocycles. The van der Waals surface area contributed by atoms with Crippen molar-refractivity contribution in [3.05, 3.63) is 111 Å². The van der Waals surface area contributed by atoms with Gasteiger partial charge in [0.05, 0.1) is 18.5 Å². The molecule has 0 saturated carbocycles. The van der Waals surface area contributed by atoms with Crippen LogP contribution in [0.4, 0.5) is 0 Å². The van der Waals surface area contributed by atoms with Crippen molar-refractivity contribution in [3.63, 3.8) is 0 Å². The highest BCUT2D eigenvalue weighted by Gasteiger charge is 2.12. The predicted molar refractivity (Wildman–Crippen MR) is 139 cm³/mol. The van der Waals surface area contributed by atoms with E-state index in [2.05, 4.69) is 90.8 Å². The van der Waals surface area contributed by atoms with Gasteiger partial charge in [-0.3, -0.25) is 9.78 Å². The number of H-pyrrole nitrogens is 1. The fourth-order valence-electron chi connectivity index (χ4n) is 4.21. The molecular weight excluding hydrogens is 440 g/mol. The van der Waals surface area contributed by atoms with Crippen molar-refractivity contribution in [2.45, 2.75) is 33.7 Å². The molecule has 0 amide bonds. The van der Waals surface area contributed by atoms with E-state index in [0.29, 0.717) is 11.2 Å². The summed E-state index contributed by atoms with van der Waals surface area (Å²) in [7, 11) is 0. The number of rotatable bonds is 6. The van der Waals surface area contributed by atoms with Crippen molar-refractivity contribution >= 4 is 29.2 Å². The van der Waals surface area contributed by atoms with Gasteiger partial charge in [0.1, 0.15) is 0 Å². The number of benzene rings is 3. The normalized spacial score (nSPS) is 11.6. The van der Waals surface area contributed by atoms with Gasteiger partial charge in [0.15, 0.2) is 5.82 Å². The molecule has 0 unspecified atom stereocenters. The number of aromatic amines is 1. The predicted octanol–water partition coefficient (Wildman–Crippen LogP) is 5.74. The zero-order valence-electron chi connectivity index (χ0n) is 19.5. The van der Waals surface area contributed by atoms with E-state index < -0.39 is 0 Å². The number of fused-ring (bicyclic) bond motifs is 1. The van der Waals surface area contributed by atoms with E-state index in [9.17, 15) is 0 Å². The van der Waals surface area contributed by atoms with Crippen LogP contribution in [0, 0.1) is 25.5 Å². The number of hydrogen-bond acceptors (Lipinski definition) is 4. The molecule has 0 bridgehead atoms. The fraction of sp³-hybridized carbons (Fsp3) is 0.185. The molecule has 6 nitrogen and oxygen atoms in total. The number of aromatic nitrogens is 5. The lowest BCUT2D eigenvalue weighted by Crippen LogP contribution is -2.04. The van der Waals surface area contributed by atoms with Crippen LogP contribution in [0.15, 0.2) is 71.8 Å². The van der Waals surface area contributed by atoms with Gasteiger partial charge < -0.3 is 0 Å². The van der Waals surface area contributed by atoms with Gasteiger partial charge in [0.2, 0.25) is 4.77 Å². The number of aryl methyl sites for hydroxylation is 2. The highest BCUT2D eigenvalue weighted by atomic mass is 32.1. The average Bonchev–Trinajstić information content (AvgIpc) is 3.32. The highest BCUT2D eigenvalue weighted by Crippen LogP contribution is 2.21. The Morgan fingerprint density at radius 3 is 2.56 bits per heavy atom. The molecule has 34 heavy (non-hydrogen) atoms. The molecule has 0 radical (unpaired) electrons. The van der Waals surface area contributed by atoms with E-state index in [-0.39, 0.29) is 0 Å². The molecule has 0 aliphatic heterocycles. The second-order valence-electron chi connectivity index (χ2n) is 8.54. The molecule has 0 saturated heterocycles. The van der Waals surface area contributed by atoms with Gasteiger partial charge in [-0.1, -0.05) is 72.3 Å². The van der Waals surface area contributed by atoms with Crippen LogP contribution in [0.5, 0.6) is 0 Å². The van der Waals surface area contributed by atoms with Crippen molar-refractivity contribution in [1.82, 2.24) is 24.7 Å². The average molecular weight is 467 g/mol. The minimum absolute atomic E-state index is 0.467. The van der Waals surface area contributed by atoms with Gasteiger partial charge in [0.25, 0.3) is 0 Å². The van der Waals surface area contributed by atoms with Gasteiger partial charge in [-0.15, -0.1) is 0 Å². The van der Waals surface area contributed by atoms with Crippen molar-refractivity contribution < 1.29 is 0 Å². The fourth-order valence-corrected chi connectivity index (χ4v) is 4.41. The van der Waals surface area contributed by atoms with Crippen molar-refractivity contribution in [3.8, 4) is 0 Å². The van der Waals surface area contributed by atoms with Crippen LogP contribution in [-0.2, 0) is 13.0 Å². The third-order valence-corrected chi connectivity index (χ3v) is 6.40. The summed E-state index contributed by atoms with van der Waals surface area (Å²) in [5.41, 5.74) is 6.63. The smallest absolute Gasteiger partial charge is 0.216 e. The molecular formula is C27H26N6S. The molecule has 5 aromatic rings. The van der Waals surface area contributed by atoms with Gasteiger partial charge in [0, 0.05) is 17.7 Å². The number of nitrogens with one attached hydrogen (secondary N) is 1. The maximum Gasteiger partial charge on any atom is 0.216 e. The summed E-state index contributed by atoms with van der Waals surface area (Å²) in [5, 5.41) is 19.2. The van der Waals surface area contributed by atoms with Gasteiger partial charge >= 0.3 is 0 Å². The largest absolute Gasteiger partial charge is 0.265 e. The number of nitrogens with zero attached hydrogens (tertiary/aromatic N) is 5. The van der Waals surface area contributed by atoms with E-state index >= 15 is 0 Å². The van der Waals surface area contributed by atoms with Crippen LogP contribution < -0.4 is 0 Å². The summed E-state index contributed by atoms with van der Waals surface area (Å²) >= 11 is 5.48. The molecule has 0 aliphatic rings. The van der Waals surface area contributed by atoms with Crippen molar-refractivity contribution in [2.75, 3.05) is 0 Å². The van der Waals surface area contributed by atoms with Crippen LogP contribution in [0.1, 0.15) is 39.5 Å². The molecule has 0 spiro atoms. The molecule has 0 atom stereocenters. The minimum atomic E-state index is 0.467. The van der Waals surface area contributed by atoms with E-state index in [1.165, 1.54) is 27.5 Å². The van der Waals surface area contributed by atoms with E-state index in [4.69, 9.17) is 22.4 Å². The van der Waals surface area contributed by atoms with Crippen LogP contribution >= 0.6 is 12.2 Å². The van der Waals surface area contributed by atoms with Gasteiger partial charge in [-0.25, -0.2) is 0 Å². The summed E-state index contributed by atoms with van der Waals surface area (Å²) in [6, 6.07) is 23.2. The first kappa shape index (κ1) is 22.0. The zero-order chi connectivity index (χ0) is 23.7. The quantitative estimate of drug-likeness (QED) is 0.256. The van der Waals surface area contributed by atoms with Crippen molar-refractivity contribution in [2.24, 2.45) is 5.10 Å². The maximum absolute atomic E-state index is 5.48. The second-order valence-corrected chi connectivity index (χ2v) is 8.93. The van der Waals surface area contributed by atoms with Crippen LogP contribution in [0.3, 0.4) is 0 Å². The van der Waals surface area contributed by atoms with Gasteiger partial charge in [-0.2, -0.15) is 20.0 Å². The lowest BCUT2D eigenvalue weighted by atomic mass is 10.0. The summed E-state index contributed by atoms with van der Waals surface area (Å²) in [6.45, 7) is 6.89. The lowest BCUT2D eigenvalue weighted by Gasteiger charge is -2.06. The monoisotopic (exact) mass is 466 g/mol. The standard InChI is InChI=1S/C27H26N6S/c1-18-11-13-21(14-12-18)17-32-20(3)25(19(2)31-32)16-28-33-26(29-30-27(33)34)15-23-9-6-8-22-7-4-5-10-24(22)23/h4-14,16H,15,17H2,1-3H3,(H,30,34)/b28-16+. The maximum atomic E-state index is 5.48. The second kappa shape index (κ2) is 9.19. The minimum Gasteiger partial charge on any atom is -0.265 e.